The number of rotatable bonds is 2. The minimum atomic E-state index is -0.855. The Morgan fingerprint density at radius 1 is 1.33 bits per heavy atom. The van der Waals surface area contributed by atoms with Crippen LogP contribution in [-0.2, 0) is 5.41 Å². The molecule has 0 amide bonds. The number of anilines is 1. The van der Waals surface area contributed by atoms with E-state index in [4.69, 9.17) is 11.5 Å². The Bertz CT molecular complexity index is 398. The molecule has 1 unspecified atom stereocenters. The van der Waals surface area contributed by atoms with Gasteiger partial charge in [0.05, 0.1) is 0 Å². The summed E-state index contributed by atoms with van der Waals surface area (Å²) in [7, 11) is 0. The topological polar surface area (TPSA) is 52.0 Å². The summed E-state index contributed by atoms with van der Waals surface area (Å²) >= 11 is 0. The van der Waals surface area contributed by atoms with Crippen LogP contribution in [0.25, 0.3) is 0 Å². The largest absolute Gasteiger partial charge is 0.398 e. The third-order valence-electron chi connectivity index (χ3n) is 3.29. The van der Waals surface area contributed by atoms with Crippen molar-refractivity contribution in [3.8, 4) is 0 Å². The van der Waals surface area contributed by atoms with E-state index < -0.39 is 17.0 Å². The van der Waals surface area contributed by atoms with Crippen LogP contribution >= 0.6 is 0 Å². The fourth-order valence-corrected chi connectivity index (χ4v) is 2.14. The molecule has 0 aliphatic heterocycles. The Hall–Kier alpha value is -1.16. The van der Waals surface area contributed by atoms with E-state index in [-0.39, 0.29) is 11.6 Å². The fourth-order valence-electron chi connectivity index (χ4n) is 2.14. The summed E-state index contributed by atoms with van der Waals surface area (Å²) in [5.74, 6) is -1.70. The van der Waals surface area contributed by atoms with E-state index in [1.54, 1.807) is 6.92 Å². The van der Waals surface area contributed by atoms with Crippen LogP contribution in [0.4, 0.5) is 14.5 Å². The summed E-state index contributed by atoms with van der Waals surface area (Å²) in [5.41, 5.74) is 11.6. The lowest BCUT2D eigenvalue weighted by Gasteiger charge is -2.22. The summed E-state index contributed by atoms with van der Waals surface area (Å²) < 4.78 is 26.8. The maximum atomic E-state index is 13.6. The van der Waals surface area contributed by atoms with Gasteiger partial charge in [0.2, 0.25) is 0 Å². The third kappa shape index (κ3) is 1.40. The maximum absolute atomic E-state index is 13.6. The summed E-state index contributed by atoms with van der Waals surface area (Å²) in [6.07, 6.45) is 1.55. The van der Waals surface area contributed by atoms with Gasteiger partial charge in [0.1, 0.15) is 0 Å². The number of nitrogens with two attached hydrogens (primary N) is 2. The number of hydrogen-bond acceptors (Lipinski definition) is 2. The second-order valence-electron chi connectivity index (χ2n) is 4.27. The van der Waals surface area contributed by atoms with Crippen LogP contribution in [-0.4, -0.2) is 6.04 Å². The molecule has 4 N–H and O–H groups in total. The average molecular weight is 212 g/mol. The van der Waals surface area contributed by atoms with Crippen LogP contribution < -0.4 is 11.5 Å². The zero-order valence-electron chi connectivity index (χ0n) is 8.56. The van der Waals surface area contributed by atoms with Crippen LogP contribution in [0.5, 0.6) is 0 Å². The van der Waals surface area contributed by atoms with Gasteiger partial charge < -0.3 is 11.5 Å². The minimum absolute atomic E-state index is 0.212. The highest BCUT2D eigenvalue weighted by atomic mass is 19.2. The second kappa shape index (κ2) is 3.17. The van der Waals surface area contributed by atoms with Crippen molar-refractivity contribution in [1.82, 2.24) is 0 Å². The summed E-state index contributed by atoms with van der Waals surface area (Å²) in [6, 6.07) is 2.23. The van der Waals surface area contributed by atoms with Crippen molar-refractivity contribution in [3.05, 3.63) is 29.3 Å². The van der Waals surface area contributed by atoms with Gasteiger partial charge >= 0.3 is 0 Å². The lowest BCUT2D eigenvalue weighted by molar-refractivity contribution is 0.465. The molecule has 1 aromatic rings. The molecule has 1 aliphatic rings. The van der Waals surface area contributed by atoms with Crippen molar-refractivity contribution >= 4 is 5.69 Å². The van der Waals surface area contributed by atoms with Gasteiger partial charge in [-0.15, -0.1) is 0 Å². The summed E-state index contributed by atoms with van der Waals surface area (Å²) in [6.45, 7) is 1.80. The molecular weight excluding hydrogens is 198 g/mol. The Kier molecular flexibility index (Phi) is 2.19. The van der Waals surface area contributed by atoms with E-state index in [1.165, 1.54) is 6.07 Å². The highest BCUT2D eigenvalue weighted by molar-refractivity contribution is 5.55. The van der Waals surface area contributed by atoms with Crippen molar-refractivity contribution in [2.45, 2.75) is 31.2 Å². The van der Waals surface area contributed by atoms with Gasteiger partial charge in [-0.05, 0) is 31.9 Å². The smallest absolute Gasteiger partial charge is 0.164 e. The molecule has 0 radical (unpaired) electrons. The molecule has 0 bridgehead atoms. The molecule has 1 saturated carbocycles. The van der Waals surface area contributed by atoms with E-state index in [0.717, 1.165) is 18.9 Å². The number of benzene rings is 1. The molecule has 82 valence electrons. The van der Waals surface area contributed by atoms with Gasteiger partial charge in [-0.25, -0.2) is 8.78 Å². The Balaban J connectivity index is 2.57. The SMILES string of the molecule is CC(N)C1(c2c(N)ccc(F)c2F)CC1. The monoisotopic (exact) mass is 212 g/mol. The van der Waals surface area contributed by atoms with Gasteiger partial charge in [0.15, 0.2) is 11.6 Å². The highest BCUT2D eigenvalue weighted by Gasteiger charge is 2.50. The zero-order chi connectivity index (χ0) is 11.2. The van der Waals surface area contributed by atoms with Crippen molar-refractivity contribution in [3.63, 3.8) is 0 Å². The molecule has 2 rings (SSSR count). The van der Waals surface area contributed by atoms with Gasteiger partial charge in [-0.3, -0.25) is 0 Å². The van der Waals surface area contributed by atoms with Crippen molar-refractivity contribution < 1.29 is 8.78 Å². The molecule has 0 spiro atoms. The summed E-state index contributed by atoms with van der Waals surface area (Å²) in [5, 5.41) is 0. The molecule has 1 atom stereocenters. The van der Waals surface area contributed by atoms with Gasteiger partial charge in [0, 0.05) is 22.7 Å². The molecule has 1 aromatic carbocycles. The van der Waals surface area contributed by atoms with Crippen LogP contribution in [0.15, 0.2) is 12.1 Å². The van der Waals surface area contributed by atoms with Crippen LogP contribution in [0.2, 0.25) is 0 Å². The molecule has 0 heterocycles. The predicted octanol–water partition coefficient (Wildman–Crippen LogP) is 1.93. The van der Waals surface area contributed by atoms with Crippen molar-refractivity contribution in [2.24, 2.45) is 5.73 Å². The van der Waals surface area contributed by atoms with Gasteiger partial charge in [0.25, 0.3) is 0 Å². The van der Waals surface area contributed by atoms with Gasteiger partial charge in [-0.2, -0.15) is 0 Å². The molecule has 15 heavy (non-hydrogen) atoms. The normalized spacial score (nSPS) is 20.0. The van der Waals surface area contributed by atoms with E-state index >= 15 is 0 Å². The quantitative estimate of drug-likeness (QED) is 0.736. The van der Waals surface area contributed by atoms with Crippen LogP contribution in [0.1, 0.15) is 25.3 Å². The molecule has 1 fully saturated rings. The molecular formula is C11H14F2N2. The molecule has 1 aliphatic carbocycles. The first kappa shape index (κ1) is 10.4. The lowest BCUT2D eigenvalue weighted by atomic mass is 9.87. The number of hydrogen-bond donors (Lipinski definition) is 2. The first-order valence-electron chi connectivity index (χ1n) is 4.98. The Morgan fingerprint density at radius 3 is 2.40 bits per heavy atom. The molecule has 4 heteroatoms. The number of halogens is 2. The minimum Gasteiger partial charge on any atom is -0.398 e. The molecule has 2 nitrogen and oxygen atoms in total. The fraction of sp³-hybridized carbons (Fsp3) is 0.455. The second-order valence-corrected chi connectivity index (χ2v) is 4.27. The number of nitrogen functional groups attached to an aromatic ring is 1. The lowest BCUT2D eigenvalue weighted by Crippen LogP contribution is -2.33. The van der Waals surface area contributed by atoms with E-state index in [0.29, 0.717) is 5.69 Å². The molecule has 0 aromatic heterocycles. The highest BCUT2D eigenvalue weighted by Crippen LogP contribution is 2.53. The third-order valence-corrected chi connectivity index (χ3v) is 3.29. The Morgan fingerprint density at radius 2 is 1.93 bits per heavy atom. The van der Waals surface area contributed by atoms with E-state index in [2.05, 4.69) is 0 Å². The van der Waals surface area contributed by atoms with Crippen LogP contribution in [0.3, 0.4) is 0 Å². The average Bonchev–Trinajstić information content (AvgIpc) is 2.93. The van der Waals surface area contributed by atoms with E-state index in [1.807, 2.05) is 0 Å². The molecule has 0 saturated heterocycles. The van der Waals surface area contributed by atoms with E-state index in [9.17, 15) is 8.78 Å². The zero-order valence-corrected chi connectivity index (χ0v) is 8.56. The first-order chi connectivity index (χ1) is 6.99. The van der Waals surface area contributed by atoms with Crippen LogP contribution in [0, 0.1) is 11.6 Å². The summed E-state index contributed by atoms with van der Waals surface area (Å²) in [4.78, 5) is 0. The Labute approximate surface area is 87.3 Å². The first-order valence-corrected chi connectivity index (χ1v) is 4.98. The van der Waals surface area contributed by atoms with Crippen molar-refractivity contribution in [1.29, 1.82) is 0 Å². The standard InChI is InChI=1S/C11H14F2N2/c1-6(14)11(4-5-11)9-8(15)3-2-7(12)10(9)13/h2-3,6H,4-5,14-15H2,1H3. The van der Waals surface area contributed by atoms with Gasteiger partial charge in [-0.1, -0.05) is 0 Å². The maximum Gasteiger partial charge on any atom is 0.164 e. The van der Waals surface area contributed by atoms with Crippen molar-refractivity contribution in [2.75, 3.05) is 5.73 Å². The predicted molar refractivity (Wildman–Crippen MR) is 55.3 cm³/mol.